The molecule has 8 nitrogen and oxygen atoms in total. The molecule has 0 spiro atoms. The van der Waals surface area contributed by atoms with Gasteiger partial charge in [-0.25, -0.2) is 4.98 Å². The third-order valence-corrected chi connectivity index (χ3v) is 3.71. The molecule has 1 aromatic rings. The maximum Gasteiger partial charge on any atom is 0.322 e. The minimum Gasteiger partial charge on any atom is -0.480 e. The first-order valence-corrected chi connectivity index (χ1v) is 6.94. The van der Waals surface area contributed by atoms with Gasteiger partial charge in [0, 0.05) is 24.4 Å². The molecule has 1 aliphatic rings. The zero-order valence-corrected chi connectivity index (χ0v) is 10.3. The smallest absolute Gasteiger partial charge is 0.322 e. The van der Waals surface area contributed by atoms with E-state index in [1.165, 1.54) is 12.5 Å². The Bertz CT molecular complexity index is 509. The lowest BCUT2D eigenvalue weighted by Gasteiger charge is -2.14. The molecular formula is C9H14N4O4S. The average Bonchev–Trinajstić information content (AvgIpc) is 2.91. The molecule has 0 amide bonds. The van der Waals surface area contributed by atoms with Crippen LogP contribution in [0.4, 0.5) is 0 Å². The second-order valence-electron chi connectivity index (χ2n) is 4.19. The number of nitrogens with zero attached hydrogens (tertiary/aromatic N) is 1. The molecule has 0 radical (unpaired) electrons. The van der Waals surface area contributed by atoms with Crippen LogP contribution < -0.4 is 9.44 Å². The Morgan fingerprint density at radius 1 is 1.61 bits per heavy atom. The van der Waals surface area contributed by atoms with Crippen molar-refractivity contribution in [3.8, 4) is 0 Å². The molecule has 4 N–H and O–H groups in total. The van der Waals surface area contributed by atoms with Crippen molar-refractivity contribution in [2.75, 3.05) is 0 Å². The molecule has 100 valence electrons. The highest BCUT2D eigenvalue weighted by Crippen LogP contribution is 2.19. The van der Waals surface area contributed by atoms with Crippen LogP contribution in [0.15, 0.2) is 12.5 Å². The monoisotopic (exact) mass is 274 g/mol. The fourth-order valence-corrected chi connectivity index (χ4v) is 2.74. The summed E-state index contributed by atoms with van der Waals surface area (Å²) in [5.74, 6) is -1.23. The highest BCUT2D eigenvalue weighted by molar-refractivity contribution is 7.87. The quantitative estimate of drug-likeness (QED) is 0.507. The largest absolute Gasteiger partial charge is 0.480 e. The number of imidazole rings is 1. The van der Waals surface area contributed by atoms with E-state index in [0.717, 1.165) is 12.8 Å². The fourth-order valence-electron chi connectivity index (χ4n) is 1.44. The third kappa shape index (κ3) is 3.79. The van der Waals surface area contributed by atoms with Crippen molar-refractivity contribution in [3.63, 3.8) is 0 Å². The number of aromatic nitrogens is 2. The van der Waals surface area contributed by atoms with E-state index in [4.69, 9.17) is 5.11 Å². The van der Waals surface area contributed by atoms with E-state index < -0.39 is 22.2 Å². The maximum atomic E-state index is 11.6. The Balaban J connectivity index is 1.99. The zero-order valence-electron chi connectivity index (χ0n) is 9.46. The number of hydrogen-bond acceptors (Lipinski definition) is 4. The molecule has 0 aromatic carbocycles. The van der Waals surface area contributed by atoms with Gasteiger partial charge in [-0.05, 0) is 12.8 Å². The number of carboxylic acids is 1. The Morgan fingerprint density at radius 2 is 2.33 bits per heavy atom. The standard InChI is InChI=1S/C9H14N4O4S/c14-9(15)8(3-7-4-10-5-11-7)13-18(16,17)12-6-1-2-6/h4-6,8,12-13H,1-3H2,(H,10,11)(H,14,15)/t8-/m1/s1. The minimum absolute atomic E-state index is 0.0148. The van der Waals surface area contributed by atoms with Gasteiger partial charge >= 0.3 is 5.97 Å². The van der Waals surface area contributed by atoms with E-state index in [1.807, 2.05) is 0 Å². The van der Waals surface area contributed by atoms with Gasteiger partial charge in [0.2, 0.25) is 0 Å². The summed E-state index contributed by atoms with van der Waals surface area (Å²) in [5.41, 5.74) is 0.552. The lowest BCUT2D eigenvalue weighted by atomic mass is 10.2. The Kier molecular flexibility index (Phi) is 3.64. The van der Waals surface area contributed by atoms with Gasteiger partial charge in [-0.2, -0.15) is 17.9 Å². The number of hydrogen-bond donors (Lipinski definition) is 4. The molecule has 0 saturated heterocycles. The van der Waals surface area contributed by atoms with Gasteiger partial charge in [0.05, 0.1) is 6.33 Å². The van der Waals surface area contributed by atoms with Crippen LogP contribution in [-0.2, 0) is 21.4 Å². The first-order chi connectivity index (χ1) is 8.46. The highest BCUT2D eigenvalue weighted by atomic mass is 32.2. The highest BCUT2D eigenvalue weighted by Gasteiger charge is 2.30. The first kappa shape index (κ1) is 13.0. The van der Waals surface area contributed by atoms with Crippen LogP contribution in [0.1, 0.15) is 18.5 Å². The molecule has 1 heterocycles. The molecule has 0 unspecified atom stereocenters. The summed E-state index contributed by atoms with van der Waals surface area (Å²) in [6.07, 6.45) is 4.46. The Hall–Kier alpha value is -1.45. The Morgan fingerprint density at radius 3 is 2.83 bits per heavy atom. The van der Waals surface area contributed by atoms with Crippen molar-refractivity contribution in [1.82, 2.24) is 19.4 Å². The van der Waals surface area contributed by atoms with Crippen molar-refractivity contribution < 1.29 is 18.3 Å². The molecule has 1 aliphatic carbocycles. The van der Waals surface area contributed by atoms with Gasteiger partial charge in [0.25, 0.3) is 10.2 Å². The maximum absolute atomic E-state index is 11.6. The molecule has 2 rings (SSSR count). The van der Waals surface area contributed by atoms with Crippen molar-refractivity contribution in [2.24, 2.45) is 0 Å². The molecule has 1 fully saturated rings. The van der Waals surface area contributed by atoms with E-state index >= 15 is 0 Å². The van der Waals surface area contributed by atoms with Crippen LogP contribution >= 0.6 is 0 Å². The topological polar surface area (TPSA) is 124 Å². The molecule has 1 aromatic heterocycles. The van der Waals surface area contributed by atoms with E-state index in [0.29, 0.717) is 5.69 Å². The van der Waals surface area contributed by atoms with Gasteiger partial charge in [0.15, 0.2) is 0 Å². The van der Waals surface area contributed by atoms with Crippen LogP contribution in [-0.4, -0.2) is 41.5 Å². The first-order valence-electron chi connectivity index (χ1n) is 5.46. The van der Waals surface area contributed by atoms with Crippen molar-refractivity contribution >= 4 is 16.2 Å². The van der Waals surface area contributed by atoms with Crippen LogP contribution in [0, 0.1) is 0 Å². The molecule has 1 atom stereocenters. The van der Waals surface area contributed by atoms with Gasteiger partial charge in [-0.15, -0.1) is 0 Å². The molecule has 0 aliphatic heterocycles. The van der Waals surface area contributed by atoms with Crippen molar-refractivity contribution in [2.45, 2.75) is 31.3 Å². The predicted octanol–water partition coefficient (Wildman–Crippen LogP) is -1.01. The van der Waals surface area contributed by atoms with Gasteiger partial charge in [-0.3, -0.25) is 4.79 Å². The summed E-state index contributed by atoms with van der Waals surface area (Å²) in [6.45, 7) is 0. The number of rotatable bonds is 7. The van der Waals surface area contributed by atoms with Crippen molar-refractivity contribution in [1.29, 1.82) is 0 Å². The second-order valence-corrected chi connectivity index (χ2v) is 5.66. The lowest BCUT2D eigenvalue weighted by molar-refractivity contribution is -0.138. The number of H-pyrrole nitrogens is 1. The lowest BCUT2D eigenvalue weighted by Crippen LogP contribution is -2.48. The summed E-state index contributed by atoms with van der Waals surface area (Å²) in [4.78, 5) is 17.5. The van der Waals surface area contributed by atoms with Crippen LogP contribution in [0.3, 0.4) is 0 Å². The van der Waals surface area contributed by atoms with Crippen LogP contribution in [0.2, 0.25) is 0 Å². The minimum atomic E-state index is -3.78. The third-order valence-electron chi connectivity index (χ3n) is 2.47. The SMILES string of the molecule is O=C(O)[C@@H](Cc1cnc[nH]1)NS(=O)(=O)NC1CC1. The van der Waals surface area contributed by atoms with Crippen molar-refractivity contribution in [3.05, 3.63) is 18.2 Å². The van der Waals surface area contributed by atoms with E-state index in [-0.39, 0.29) is 12.5 Å². The van der Waals surface area contributed by atoms with E-state index in [9.17, 15) is 13.2 Å². The summed E-state index contributed by atoms with van der Waals surface area (Å²) in [5, 5.41) is 9.00. The zero-order chi connectivity index (χ0) is 13.2. The second kappa shape index (κ2) is 5.04. The summed E-state index contributed by atoms with van der Waals surface area (Å²) in [7, 11) is -3.78. The molecule has 9 heteroatoms. The van der Waals surface area contributed by atoms with Crippen LogP contribution in [0.5, 0.6) is 0 Å². The van der Waals surface area contributed by atoms with Gasteiger partial charge in [0.1, 0.15) is 6.04 Å². The normalized spacial score (nSPS) is 17.6. The number of aromatic amines is 1. The molecule has 0 bridgehead atoms. The summed E-state index contributed by atoms with van der Waals surface area (Å²) < 4.78 is 27.7. The number of aliphatic carboxylic acids is 1. The van der Waals surface area contributed by atoms with Gasteiger partial charge < -0.3 is 10.1 Å². The molecule has 18 heavy (non-hydrogen) atoms. The average molecular weight is 274 g/mol. The number of carboxylic acid groups (broad SMARTS) is 1. The van der Waals surface area contributed by atoms with Crippen LogP contribution in [0.25, 0.3) is 0 Å². The number of nitrogens with one attached hydrogen (secondary N) is 3. The predicted molar refractivity (Wildman–Crippen MR) is 61.9 cm³/mol. The van der Waals surface area contributed by atoms with E-state index in [1.54, 1.807) is 0 Å². The Labute approximate surface area is 104 Å². The summed E-state index contributed by atoms with van der Waals surface area (Å²) in [6, 6.07) is -1.29. The fraction of sp³-hybridized carbons (Fsp3) is 0.556. The summed E-state index contributed by atoms with van der Waals surface area (Å²) >= 11 is 0. The van der Waals surface area contributed by atoms with E-state index in [2.05, 4.69) is 19.4 Å². The molecular weight excluding hydrogens is 260 g/mol. The number of carbonyl (C=O) groups is 1. The molecule has 1 saturated carbocycles. The van der Waals surface area contributed by atoms with Gasteiger partial charge in [-0.1, -0.05) is 0 Å².